The first kappa shape index (κ1) is 37.7. The SMILES string of the molecule is CCOC(=O)CCCCCCC(=O)C[C@@H](CCCN=C(N)N[N+](=O)[O-])C(=O)N[C@@H](CC(C)C)B1O[C@@H]2C[C@@H]3C[C@@H](C3(C)C)[C@]2(C)O1. The van der Waals surface area contributed by atoms with E-state index in [-0.39, 0.29) is 60.0 Å². The van der Waals surface area contributed by atoms with Gasteiger partial charge in [-0.05, 0) is 82.0 Å². The fourth-order valence-corrected chi connectivity index (χ4v) is 7.66. The zero-order valence-corrected chi connectivity index (χ0v) is 28.7. The standard InChI is InChI=1S/C32H56BN5O8/c1-7-44-28(40)15-11-9-8-10-14-24(39)18-22(13-12-16-35-30(34)37-38(42)43)29(41)36-27(17-21(2)3)33-45-26-20-23-19-25(31(23,4)5)32(26,6)46-33/h21-23,25-27H,7-20H2,1-6H3,(H,36,41)(H3,34,35,37)/t22-,23+,25+,26-,27+,32+/m1/s1. The zero-order chi connectivity index (χ0) is 34.1. The van der Waals surface area contributed by atoms with Crippen LogP contribution in [0.4, 0.5) is 0 Å². The highest BCUT2D eigenvalue weighted by atomic mass is 16.7. The van der Waals surface area contributed by atoms with Gasteiger partial charge in [0.05, 0.1) is 24.3 Å². The molecule has 4 N–H and O–H groups in total. The molecular formula is C32H56BN5O8. The molecule has 1 saturated heterocycles. The van der Waals surface area contributed by atoms with Crippen molar-refractivity contribution < 1.29 is 33.5 Å². The fraction of sp³-hybridized carbons (Fsp3) is 0.875. The van der Waals surface area contributed by atoms with Gasteiger partial charge in [0.1, 0.15) is 5.78 Å². The number of guanidine groups is 1. The number of hydrazine groups is 1. The number of unbranched alkanes of at least 4 members (excludes halogenated alkanes) is 3. The Morgan fingerprint density at radius 3 is 2.43 bits per heavy atom. The Kier molecular flexibility index (Phi) is 13.9. The zero-order valence-electron chi connectivity index (χ0n) is 28.7. The summed E-state index contributed by atoms with van der Waals surface area (Å²) in [5, 5.41) is 13.0. The first-order chi connectivity index (χ1) is 21.7. The van der Waals surface area contributed by atoms with Crippen LogP contribution in [0.15, 0.2) is 4.99 Å². The van der Waals surface area contributed by atoms with Crippen molar-refractivity contribution in [3.8, 4) is 0 Å². The van der Waals surface area contributed by atoms with E-state index in [1.165, 1.54) is 0 Å². The minimum Gasteiger partial charge on any atom is -0.466 e. The van der Waals surface area contributed by atoms with Crippen molar-refractivity contribution in [3.63, 3.8) is 0 Å². The monoisotopic (exact) mass is 649 g/mol. The fourth-order valence-electron chi connectivity index (χ4n) is 7.66. The van der Waals surface area contributed by atoms with Crippen molar-refractivity contribution in [1.82, 2.24) is 10.7 Å². The van der Waals surface area contributed by atoms with Gasteiger partial charge in [0.2, 0.25) is 5.91 Å². The first-order valence-corrected chi connectivity index (χ1v) is 17.2. The highest BCUT2D eigenvalue weighted by Gasteiger charge is 2.68. The van der Waals surface area contributed by atoms with Gasteiger partial charge in [0, 0.05) is 31.7 Å². The van der Waals surface area contributed by atoms with Crippen molar-refractivity contribution in [2.75, 3.05) is 13.2 Å². The lowest BCUT2D eigenvalue weighted by Crippen LogP contribution is -2.65. The van der Waals surface area contributed by atoms with Crippen LogP contribution in [0.1, 0.15) is 119 Å². The van der Waals surface area contributed by atoms with Gasteiger partial charge < -0.3 is 25.1 Å². The number of amides is 1. The van der Waals surface area contributed by atoms with E-state index >= 15 is 0 Å². The number of ether oxygens (including phenoxy) is 1. The molecule has 4 aliphatic rings. The van der Waals surface area contributed by atoms with Gasteiger partial charge in [-0.1, -0.05) is 46.0 Å². The molecule has 3 saturated carbocycles. The van der Waals surface area contributed by atoms with Gasteiger partial charge in [-0.25, -0.2) is 15.1 Å². The maximum Gasteiger partial charge on any atom is 0.481 e. The van der Waals surface area contributed by atoms with Crippen LogP contribution in [-0.2, 0) is 28.4 Å². The van der Waals surface area contributed by atoms with E-state index in [2.05, 4.69) is 44.9 Å². The number of hydrogen-bond acceptors (Lipinski definition) is 9. The molecule has 4 fully saturated rings. The number of nitrogens with two attached hydrogens (primary N) is 1. The summed E-state index contributed by atoms with van der Waals surface area (Å²) in [7, 11) is -0.569. The van der Waals surface area contributed by atoms with Crippen LogP contribution in [-0.4, -0.2) is 66.6 Å². The van der Waals surface area contributed by atoms with Crippen molar-refractivity contribution in [3.05, 3.63) is 10.1 Å². The lowest BCUT2D eigenvalue weighted by atomic mass is 9.43. The second-order valence-electron chi connectivity index (χ2n) is 14.5. The number of carbonyl (C=O) groups excluding carboxylic acids is 3. The number of nitrogens with one attached hydrogen (secondary N) is 2. The lowest BCUT2D eigenvalue weighted by molar-refractivity contribution is -0.525. The molecule has 0 aromatic carbocycles. The Bertz CT molecular complexity index is 1100. The van der Waals surface area contributed by atoms with Crippen LogP contribution in [0.5, 0.6) is 0 Å². The Hall–Kier alpha value is -2.74. The predicted octanol–water partition coefficient (Wildman–Crippen LogP) is 4.14. The molecule has 0 unspecified atom stereocenters. The number of rotatable bonds is 20. The van der Waals surface area contributed by atoms with Crippen LogP contribution in [0.25, 0.3) is 0 Å². The molecular weight excluding hydrogens is 593 g/mol. The molecule has 0 aromatic rings. The van der Waals surface area contributed by atoms with E-state index in [0.29, 0.717) is 63.4 Å². The van der Waals surface area contributed by atoms with Gasteiger partial charge in [-0.15, -0.1) is 0 Å². The van der Waals surface area contributed by atoms with E-state index in [9.17, 15) is 24.5 Å². The molecule has 2 bridgehead atoms. The predicted molar refractivity (Wildman–Crippen MR) is 175 cm³/mol. The van der Waals surface area contributed by atoms with Crippen LogP contribution in [0.3, 0.4) is 0 Å². The highest BCUT2D eigenvalue weighted by molar-refractivity contribution is 6.47. The van der Waals surface area contributed by atoms with Gasteiger partial charge in [0.25, 0.3) is 5.96 Å². The number of nitrogens with zero attached hydrogens (tertiary/aromatic N) is 2. The van der Waals surface area contributed by atoms with Gasteiger partial charge in [-0.3, -0.25) is 14.4 Å². The van der Waals surface area contributed by atoms with E-state index < -0.39 is 23.7 Å². The number of ketones is 1. The summed E-state index contributed by atoms with van der Waals surface area (Å²) in [5.74, 6) is -0.434. The maximum atomic E-state index is 13.8. The summed E-state index contributed by atoms with van der Waals surface area (Å²) in [6.45, 7) is 13.3. The van der Waals surface area contributed by atoms with Crippen molar-refractivity contribution in [2.24, 2.45) is 39.8 Å². The molecule has 0 aromatic heterocycles. The van der Waals surface area contributed by atoms with Crippen molar-refractivity contribution in [1.29, 1.82) is 0 Å². The van der Waals surface area contributed by atoms with Gasteiger partial charge >= 0.3 is 13.1 Å². The molecule has 1 aliphatic heterocycles. The largest absolute Gasteiger partial charge is 0.481 e. The summed E-state index contributed by atoms with van der Waals surface area (Å²) in [6, 6.07) is 0. The molecule has 14 heteroatoms. The number of Topliss-reactive ketones (excluding diaryl/α,β-unsaturated/α-hetero) is 1. The van der Waals surface area contributed by atoms with E-state index in [1.807, 2.05) is 5.43 Å². The molecule has 4 rings (SSSR count). The average Bonchev–Trinajstić information content (AvgIpc) is 3.32. The van der Waals surface area contributed by atoms with Crippen LogP contribution in [0.2, 0.25) is 0 Å². The minimum atomic E-state index is -0.784. The molecule has 260 valence electrons. The van der Waals surface area contributed by atoms with E-state index in [1.54, 1.807) is 6.92 Å². The lowest BCUT2D eigenvalue weighted by Gasteiger charge is -2.64. The van der Waals surface area contributed by atoms with Crippen LogP contribution >= 0.6 is 0 Å². The topological polar surface area (TPSA) is 184 Å². The summed E-state index contributed by atoms with van der Waals surface area (Å²) in [5.41, 5.74) is 7.15. The number of hydrogen-bond donors (Lipinski definition) is 3. The average molecular weight is 650 g/mol. The minimum absolute atomic E-state index is 0.00195. The highest BCUT2D eigenvalue weighted by Crippen LogP contribution is 2.65. The molecule has 0 radical (unpaired) electrons. The smallest absolute Gasteiger partial charge is 0.466 e. The molecule has 1 amide bonds. The number of aliphatic imine (C=N–C) groups is 1. The third-order valence-corrected chi connectivity index (χ3v) is 10.3. The third-order valence-electron chi connectivity index (χ3n) is 10.3. The molecule has 13 nitrogen and oxygen atoms in total. The Labute approximate surface area is 274 Å². The maximum absolute atomic E-state index is 13.8. The van der Waals surface area contributed by atoms with Crippen molar-refractivity contribution >= 4 is 30.7 Å². The molecule has 1 heterocycles. The number of carbonyl (C=O) groups is 3. The van der Waals surface area contributed by atoms with Gasteiger partial charge in [0.15, 0.2) is 5.03 Å². The summed E-state index contributed by atoms with van der Waals surface area (Å²) in [6.07, 6.45) is 7.37. The van der Waals surface area contributed by atoms with E-state index in [4.69, 9.17) is 19.8 Å². The Morgan fingerprint density at radius 2 is 1.80 bits per heavy atom. The Morgan fingerprint density at radius 1 is 1.11 bits per heavy atom. The summed E-state index contributed by atoms with van der Waals surface area (Å²) < 4.78 is 18.2. The second kappa shape index (κ2) is 16.9. The first-order valence-electron chi connectivity index (χ1n) is 17.2. The third kappa shape index (κ3) is 10.1. The molecule has 6 atom stereocenters. The van der Waals surface area contributed by atoms with Crippen LogP contribution < -0.4 is 16.5 Å². The second-order valence-corrected chi connectivity index (χ2v) is 14.5. The van der Waals surface area contributed by atoms with E-state index in [0.717, 1.165) is 25.7 Å². The van der Waals surface area contributed by atoms with Crippen LogP contribution in [0, 0.1) is 39.2 Å². The Balaban J connectivity index is 1.61. The number of nitro groups is 1. The molecule has 3 aliphatic carbocycles. The molecule has 0 spiro atoms. The summed E-state index contributed by atoms with van der Waals surface area (Å²) in [4.78, 5) is 53.0. The molecule has 46 heavy (non-hydrogen) atoms. The van der Waals surface area contributed by atoms with Crippen molar-refractivity contribution in [2.45, 2.75) is 136 Å². The number of esters is 1. The quantitative estimate of drug-likeness (QED) is 0.0329. The normalized spacial score (nSPS) is 26.1. The van der Waals surface area contributed by atoms with Gasteiger partial charge in [-0.2, -0.15) is 0 Å². The summed E-state index contributed by atoms with van der Waals surface area (Å²) >= 11 is 0.